The van der Waals surface area contributed by atoms with Crippen LogP contribution in [-0.2, 0) is 10.0 Å². The highest BCUT2D eigenvalue weighted by Gasteiger charge is 2.26. The fraction of sp³-hybridized carbons (Fsp3) is 0.0556. The van der Waals surface area contributed by atoms with Gasteiger partial charge in [-0.05, 0) is 42.1 Å². The number of thiophene rings is 1. The normalized spacial score (nSPS) is 11.9. The summed E-state index contributed by atoms with van der Waals surface area (Å²) >= 11 is 1.49. The number of rotatable bonds is 3. The summed E-state index contributed by atoms with van der Waals surface area (Å²) in [5.74, 6) is -0.794. The molecule has 2 heterocycles. The first-order valence-electron chi connectivity index (χ1n) is 7.53. The van der Waals surface area contributed by atoms with Crippen molar-refractivity contribution in [1.82, 2.24) is 9.19 Å². The van der Waals surface area contributed by atoms with E-state index in [4.69, 9.17) is 0 Å². The smallest absolute Gasteiger partial charge is 0.205 e. The molecule has 2 aromatic heterocycles. The van der Waals surface area contributed by atoms with Gasteiger partial charge in [0.05, 0.1) is 16.8 Å². The van der Waals surface area contributed by atoms with Crippen LogP contribution in [0.2, 0.25) is 0 Å². The average molecular weight is 372 g/mol. The number of fused-ring (bicyclic) bond motifs is 1. The Bertz CT molecular complexity index is 1190. The number of benzene rings is 2. The molecule has 7 heteroatoms. The molecule has 0 atom stereocenters. The van der Waals surface area contributed by atoms with E-state index in [1.54, 1.807) is 6.07 Å². The van der Waals surface area contributed by atoms with Crippen molar-refractivity contribution in [1.29, 1.82) is 0 Å². The van der Waals surface area contributed by atoms with Gasteiger partial charge in [0.25, 0.3) is 10.0 Å². The van der Waals surface area contributed by atoms with E-state index in [2.05, 4.69) is 5.10 Å². The summed E-state index contributed by atoms with van der Waals surface area (Å²) < 4.78 is 41.8. The molecule has 0 spiro atoms. The maximum Gasteiger partial charge on any atom is 0.286 e. The zero-order chi connectivity index (χ0) is 17.6. The van der Waals surface area contributed by atoms with Crippen LogP contribution in [0.1, 0.15) is 5.56 Å². The van der Waals surface area contributed by atoms with Crippen molar-refractivity contribution < 1.29 is 12.8 Å². The molecule has 0 amide bonds. The van der Waals surface area contributed by atoms with Crippen molar-refractivity contribution in [2.45, 2.75) is 11.8 Å². The Morgan fingerprint density at radius 2 is 1.76 bits per heavy atom. The summed E-state index contributed by atoms with van der Waals surface area (Å²) in [6.07, 6.45) is 1.41. The maximum absolute atomic E-state index is 14.0. The molecule has 0 fully saturated rings. The fourth-order valence-corrected chi connectivity index (χ4v) is 5.43. The zero-order valence-corrected chi connectivity index (χ0v) is 14.8. The minimum absolute atomic E-state index is 0.390. The van der Waals surface area contributed by atoms with Crippen LogP contribution in [0.25, 0.3) is 20.7 Å². The first-order valence-corrected chi connectivity index (χ1v) is 9.78. The van der Waals surface area contributed by atoms with Crippen molar-refractivity contribution in [3.63, 3.8) is 0 Å². The predicted molar refractivity (Wildman–Crippen MR) is 96.8 cm³/mol. The third-order valence-corrected chi connectivity index (χ3v) is 6.96. The van der Waals surface area contributed by atoms with Gasteiger partial charge in [0, 0.05) is 4.70 Å². The van der Waals surface area contributed by atoms with Crippen LogP contribution in [0.15, 0.2) is 65.7 Å². The van der Waals surface area contributed by atoms with Crippen LogP contribution in [-0.4, -0.2) is 17.6 Å². The Morgan fingerprint density at radius 3 is 2.52 bits per heavy atom. The van der Waals surface area contributed by atoms with Crippen molar-refractivity contribution in [2.75, 3.05) is 0 Å². The first-order chi connectivity index (χ1) is 12.0. The molecule has 0 saturated carbocycles. The molecule has 0 aliphatic heterocycles. The Morgan fingerprint density at radius 1 is 1.04 bits per heavy atom. The number of aryl methyl sites for hydroxylation is 1. The van der Waals surface area contributed by atoms with Crippen LogP contribution < -0.4 is 0 Å². The molecule has 0 N–H and O–H groups in total. The quantitative estimate of drug-likeness (QED) is 0.534. The highest BCUT2D eigenvalue weighted by atomic mass is 32.2. The third-order valence-electron chi connectivity index (χ3n) is 4.03. The van der Waals surface area contributed by atoms with Gasteiger partial charge < -0.3 is 0 Å². The molecule has 0 aliphatic carbocycles. The van der Waals surface area contributed by atoms with Crippen LogP contribution in [0.4, 0.5) is 4.39 Å². The van der Waals surface area contributed by atoms with Gasteiger partial charge in [0.1, 0.15) is 10.7 Å². The third kappa shape index (κ3) is 2.47. The topological polar surface area (TPSA) is 52.0 Å². The first kappa shape index (κ1) is 16.0. The molecule has 4 rings (SSSR count). The maximum atomic E-state index is 14.0. The lowest BCUT2D eigenvalue weighted by Gasteiger charge is -2.09. The summed E-state index contributed by atoms with van der Waals surface area (Å²) in [7, 11) is -4.12. The SMILES string of the molecule is Cc1c(-c2ccnn2S(=O)(=O)c2ccccc2F)sc2ccccc12. The summed E-state index contributed by atoms with van der Waals surface area (Å²) in [6, 6.07) is 14.8. The van der Waals surface area contributed by atoms with E-state index < -0.39 is 20.7 Å². The molecule has 0 bridgehead atoms. The van der Waals surface area contributed by atoms with Gasteiger partial charge in [-0.25, -0.2) is 4.39 Å². The molecule has 0 unspecified atom stereocenters. The van der Waals surface area contributed by atoms with Gasteiger partial charge in [-0.3, -0.25) is 0 Å². The molecule has 4 nitrogen and oxygen atoms in total. The number of aromatic nitrogens is 2. The van der Waals surface area contributed by atoms with Gasteiger partial charge in [0.15, 0.2) is 0 Å². The van der Waals surface area contributed by atoms with Crippen LogP contribution >= 0.6 is 11.3 Å². The van der Waals surface area contributed by atoms with Crippen molar-refractivity contribution in [3.8, 4) is 10.6 Å². The molecule has 25 heavy (non-hydrogen) atoms. The Balaban J connectivity index is 1.95. The summed E-state index contributed by atoms with van der Waals surface area (Å²) in [6.45, 7) is 1.95. The van der Waals surface area contributed by atoms with Crippen molar-refractivity contribution >= 4 is 31.4 Å². The number of hydrogen-bond acceptors (Lipinski definition) is 4. The van der Waals surface area contributed by atoms with Gasteiger partial charge in [-0.15, -0.1) is 11.3 Å². The van der Waals surface area contributed by atoms with Crippen LogP contribution in [0, 0.1) is 12.7 Å². The Hall–Kier alpha value is -2.51. The molecule has 2 aromatic carbocycles. The lowest BCUT2D eigenvalue weighted by Crippen LogP contribution is -2.17. The minimum Gasteiger partial charge on any atom is -0.205 e. The van der Waals surface area contributed by atoms with E-state index >= 15 is 0 Å². The van der Waals surface area contributed by atoms with E-state index in [1.165, 1.54) is 35.7 Å². The minimum atomic E-state index is -4.12. The molecule has 0 saturated heterocycles. The fourth-order valence-electron chi connectivity index (χ4n) is 2.81. The molecule has 0 aliphatic rings. The molecule has 126 valence electrons. The van der Waals surface area contributed by atoms with E-state index in [0.717, 1.165) is 30.7 Å². The van der Waals surface area contributed by atoms with E-state index in [0.29, 0.717) is 5.69 Å². The molecule has 4 aromatic rings. The Labute approximate surface area is 148 Å². The largest absolute Gasteiger partial charge is 0.286 e. The van der Waals surface area contributed by atoms with E-state index in [1.807, 2.05) is 31.2 Å². The number of halogens is 1. The second kappa shape index (κ2) is 5.79. The summed E-state index contributed by atoms with van der Waals surface area (Å²) in [5.41, 5.74) is 1.41. The number of nitrogens with zero attached hydrogens (tertiary/aromatic N) is 2. The number of hydrogen-bond donors (Lipinski definition) is 0. The van der Waals surface area contributed by atoms with Gasteiger partial charge in [-0.2, -0.15) is 17.6 Å². The lowest BCUT2D eigenvalue weighted by atomic mass is 10.1. The lowest BCUT2D eigenvalue weighted by molar-refractivity contribution is 0.556. The molecule has 0 radical (unpaired) electrons. The second-order valence-electron chi connectivity index (χ2n) is 5.55. The van der Waals surface area contributed by atoms with E-state index in [9.17, 15) is 12.8 Å². The van der Waals surface area contributed by atoms with Crippen molar-refractivity contribution in [3.05, 3.63) is 72.2 Å². The zero-order valence-electron chi connectivity index (χ0n) is 13.2. The van der Waals surface area contributed by atoms with Gasteiger partial charge >= 0.3 is 0 Å². The monoisotopic (exact) mass is 372 g/mol. The highest BCUT2D eigenvalue weighted by Crippen LogP contribution is 2.38. The summed E-state index contributed by atoms with van der Waals surface area (Å²) in [4.78, 5) is 0.414. The van der Waals surface area contributed by atoms with Gasteiger partial charge in [-0.1, -0.05) is 30.3 Å². The van der Waals surface area contributed by atoms with Crippen LogP contribution in [0.5, 0.6) is 0 Å². The van der Waals surface area contributed by atoms with Crippen LogP contribution in [0.3, 0.4) is 0 Å². The average Bonchev–Trinajstić information content (AvgIpc) is 3.21. The predicted octanol–water partition coefficient (Wildman–Crippen LogP) is 4.45. The second-order valence-corrected chi connectivity index (χ2v) is 8.34. The Kier molecular flexibility index (Phi) is 3.70. The molecular weight excluding hydrogens is 359 g/mol. The van der Waals surface area contributed by atoms with Crippen molar-refractivity contribution in [2.24, 2.45) is 0 Å². The van der Waals surface area contributed by atoms with E-state index in [-0.39, 0.29) is 0 Å². The standard InChI is InChI=1S/C18H13FN2O2S2/c1-12-13-6-2-4-8-16(13)24-18(12)15-10-11-20-21(15)25(22,23)17-9-5-3-7-14(17)19/h2-11H,1H3. The summed E-state index contributed by atoms with van der Waals surface area (Å²) in [5, 5.41) is 5.03. The van der Waals surface area contributed by atoms with Gasteiger partial charge in [0.2, 0.25) is 0 Å². The molecular formula is C18H13FN2O2S2. The highest BCUT2D eigenvalue weighted by molar-refractivity contribution is 7.90.